The molecule has 10 heteroatoms. The lowest BCUT2D eigenvalue weighted by Crippen LogP contribution is -2.15. The molecule has 0 spiro atoms. The number of nitrogens with two attached hydrogens (primary N) is 1. The average Bonchev–Trinajstić information content (AvgIpc) is 2.95. The Hall–Kier alpha value is -1.62. The average molecular weight is 447 g/mol. The van der Waals surface area contributed by atoms with Gasteiger partial charge in [-0.05, 0) is 45.8 Å². The molecule has 0 fully saturated rings. The maximum absolute atomic E-state index is 13.1. The first-order valence-electron chi connectivity index (χ1n) is 6.99. The molecule has 3 aromatic rings. The molecule has 0 unspecified atom stereocenters. The van der Waals surface area contributed by atoms with Crippen LogP contribution in [-0.2, 0) is 16.6 Å². The highest BCUT2D eigenvalue weighted by Crippen LogP contribution is 2.33. The van der Waals surface area contributed by atoms with E-state index in [-0.39, 0.29) is 27.4 Å². The van der Waals surface area contributed by atoms with Crippen molar-refractivity contribution in [2.24, 2.45) is 5.73 Å². The van der Waals surface area contributed by atoms with E-state index in [2.05, 4.69) is 15.9 Å². The Balaban J connectivity index is 2.29. The minimum atomic E-state index is -4.03. The summed E-state index contributed by atoms with van der Waals surface area (Å²) >= 11 is 9.22. The van der Waals surface area contributed by atoms with Crippen LogP contribution >= 0.6 is 27.5 Å². The van der Waals surface area contributed by atoms with Crippen molar-refractivity contribution in [3.05, 3.63) is 57.7 Å². The van der Waals surface area contributed by atoms with Gasteiger partial charge in [0.25, 0.3) is 10.0 Å². The van der Waals surface area contributed by atoms with E-state index in [0.29, 0.717) is 20.9 Å². The maximum atomic E-state index is 13.1. The van der Waals surface area contributed by atoms with E-state index < -0.39 is 10.0 Å². The molecule has 0 aliphatic rings. The second-order valence-electron chi connectivity index (χ2n) is 5.20. The molecule has 1 heterocycles. The van der Waals surface area contributed by atoms with E-state index in [1.54, 1.807) is 18.2 Å². The zero-order chi connectivity index (χ0) is 18.4. The molecular formula is C15H13BrClN3O4S. The lowest BCUT2D eigenvalue weighted by atomic mass is 10.2. The Labute approximate surface area is 156 Å². The summed E-state index contributed by atoms with van der Waals surface area (Å²) in [4.78, 5) is -0.156. The van der Waals surface area contributed by atoms with Crippen LogP contribution in [0.3, 0.4) is 0 Å². The number of rotatable bonds is 4. The second-order valence-corrected chi connectivity index (χ2v) is 8.27. The molecule has 0 amide bonds. The van der Waals surface area contributed by atoms with Crippen molar-refractivity contribution < 1.29 is 18.8 Å². The van der Waals surface area contributed by atoms with E-state index in [9.17, 15) is 18.8 Å². The molecular weight excluding hydrogens is 434 g/mol. The monoisotopic (exact) mass is 445 g/mol. The van der Waals surface area contributed by atoms with Crippen LogP contribution in [0.4, 0.5) is 5.69 Å². The molecule has 0 aliphatic carbocycles. The number of hydrogen-bond donors (Lipinski definition) is 3. The standard InChI is InChI=1S/C15H13BrClN3O4S/c16-12-3-1-2-11-9(7-18)8-19(15(11)12)25(23,24)10-4-5-13(17)14(6-10)20(21)22/h1-6,8,21-22H,7,18H2. The van der Waals surface area contributed by atoms with Crippen molar-refractivity contribution >= 4 is 54.1 Å². The van der Waals surface area contributed by atoms with Crippen LogP contribution in [0.25, 0.3) is 10.9 Å². The quantitative estimate of drug-likeness (QED) is 0.530. The van der Waals surface area contributed by atoms with Gasteiger partial charge in [0.2, 0.25) is 0 Å². The fourth-order valence-corrected chi connectivity index (χ4v) is 4.84. The van der Waals surface area contributed by atoms with Gasteiger partial charge in [-0.25, -0.2) is 12.4 Å². The molecule has 0 atom stereocenters. The summed E-state index contributed by atoms with van der Waals surface area (Å²) in [6, 6.07) is 8.93. The van der Waals surface area contributed by atoms with Gasteiger partial charge in [0.1, 0.15) is 5.69 Å². The predicted molar refractivity (Wildman–Crippen MR) is 97.6 cm³/mol. The van der Waals surface area contributed by atoms with Gasteiger partial charge >= 0.3 is 0 Å². The fourth-order valence-electron chi connectivity index (χ4n) is 2.55. The molecule has 0 saturated heterocycles. The molecule has 0 radical (unpaired) electrons. The molecule has 25 heavy (non-hydrogen) atoms. The minimum absolute atomic E-state index is 0.00913. The Morgan fingerprint density at radius 3 is 2.60 bits per heavy atom. The van der Waals surface area contributed by atoms with E-state index in [4.69, 9.17) is 17.3 Å². The number of halogens is 2. The third-order valence-corrected chi connectivity index (χ3v) is 6.35. The Morgan fingerprint density at radius 1 is 1.24 bits per heavy atom. The van der Waals surface area contributed by atoms with Crippen LogP contribution < -0.4 is 11.0 Å². The van der Waals surface area contributed by atoms with E-state index in [0.717, 1.165) is 10.0 Å². The van der Waals surface area contributed by atoms with Crippen molar-refractivity contribution in [2.45, 2.75) is 11.4 Å². The molecule has 132 valence electrons. The number of fused-ring (bicyclic) bond motifs is 1. The van der Waals surface area contributed by atoms with Gasteiger partial charge in [-0.15, -0.1) is 5.23 Å². The van der Waals surface area contributed by atoms with Gasteiger partial charge in [0.05, 0.1) is 15.4 Å². The second kappa shape index (κ2) is 6.60. The Morgan fingerprint density at radius 2 is 1.96 bits per heavy atom. The lowest BCUT2D eigenvalue weighted by molar-refractivity contribution is 0.0291. The Bertz CT molecular complexity index is 1070. The number of anilines is 1. The van der Waals surface area contributed by atoms with Crippen LogP contribution in [0.15, 0.2) is 52.0 Å². The summed E-state index contributed by atoms with van der Waals surface area (Å²) in [5.41, 5.74) is 6.59. The maximum Gasteiger partial charge on any atom is 0.268 e. The lowest BCUT2D eigenvalue weighted by Gasteiger charge is -2.13. The molecule has 4 N–H and O–H groups in total. The van der Waals surface area contributed by atoms with Crippen LogP contribution in [-0.4, -0.2) is 22.8 Å². The third kappa shape index (κ3) is 3.03. The number of aromatic nitrogens is 1. The van der Waals surface area contributed by atoms with Gasteiger partial charge < -0.3 is 5.73 Å². The van der Waals surface area contributed by atoms with E-state index in [1.165, 1.54) is 18.3 Å². The van der Waals surface area contributed by atoms with Gasteiger partial charge in [0, 0.05) is 22.6 Å². The topological polar surface area (TPSA) is 109 Å². The molecule has 7 nitrogen and oxygen atoms in total. The molecule has 0 bridgehead atoms. The van der Waals surface area contributed by atoms with Crippen LogP contribution in [0.5, 0.6) is 0 Å². The van der Waals surface area contributed by atoms with Crippen molar-refractivity contribution in [3.63, 3.8) is 0 Å². The van der Waals surface area contributed by atoms with Crippen LogP contribution in [0, 0.1) is 0 Å². The molecule has 2 aromatic carbocycles. The van der Waals surface area contributed by atoms with Gasteiger partial charge in [0.15, 0.2) is 0 Å². The molecule has 1 aromatic heterocycles. The summed E-state index contributed by atoms with van der Waals surface area (Å²) in [5, 5.41) is 18.9. The van der Waals surface area contributed by atoms with Gasteiger partial charge in [-0.1, -0.05) is 23.7 Å². The summed E-state index contributed by atoms with van der Waals surface area (Å²) in [7, 11) is -4.03. The SMILES string of the molecule is NCc1cn(S(=O)(=O)c2ccc(Cl)c(N(O)O)c2)c2c(Br)cccc12. The number of benzene rings is 2. The smallest absolute Gasteiger partial charge is 0.268 e. The summed E-state index contributed by atoms with van der Waals surface area (Å²) in [5.74, 6) is 0. The highest BCUT2D eigenvalue weighted by atomic mass is 79.9. The van der Waals surface area contributed by atoms with Gasteiger partial charge in [-0.3, -0.25) is 10.4 Å². The van der Waals surface area contributed by atoms with Crippen LogP contribution in [0.2, 0.25) is 5.02 Å². The highest BCUT2D eigenvalue weighted by Gasteiger charge is 2.24. The Kier molecular flexibility index (Phi) is 4.80. The van der Waals surface area contributed by atoms with Crippen LogP contribution in [0.1, 0.15) is 5.56 Å². The fraction of sp³-hybridized carbons (Fsp3) is 0.0667. The normalized spacial score (nSPS) is 11.9. The first-order valence-corrected chi connectivity index (χ1v) is 9.60. The zero-order valence-electron chi connectivity index (χ0n) is 12.6. The van der Waals surface area contributed by atoms with E-state index in [1.807, 2.05) is 0 Å². The van der Waals surface area contributed by atoms with Crippen molar-refractivity contribution in [1.29, 1.82) is 0 Å². The summed E-state index contributed by atoms with van der Waals surface area (Å²) in [6.07, 6.45) is 1.45. The minimum Gasteiger partial charge on any atom is -0.326 e. The third-order valence-electron chi connectivity index (χ3n) is 3.74. The summed E-state index contributed by atoms with van der Waals surface area (Å²) in [6.45, 7) is 0.169. The van der Waals surface area contributed by atoms with Crippen molar-refractivity contribution in [1.82, 2.24) is 3.97 Å². The summed E-state index contributed by atoms with van der Waals surface area (Å²) < 4.78 is 27.9. The number of nitrogens with zero attached hydrogens (tertiary/aromatic N) is 2. The first kappa shape index (κ1) is 18.2. The number of para-hydroxylation sites is 1. The predicted octanol–water partition coefficient (Wildman–Crippen LogP) is 3.34. The molecule has 0 saturated carbocycles. The zero-order valence-corrected chi connectivity index (χ0v) is 15.8. The molecule has 3 rings (SSSR count). The van der Waals surface area contributed by atoms with Crippen molar-refractivity contribution in [3.8, 4) is 0 Å². The number of hydrogen-bond acceptors (Lipinski definition) is 6. The van der Waals surface area contributed by atoms with E-state index >= 15 is 0 Å². The largest absolute Gasteiger partial charge is 0.326 e. The highest BCUT2D eigenvalue weighted by molar-refractivity contribution is 9.10. The van der Waals surface area contributed by atoms with Crippen molar-refractivity contribution in [2.75, 3.05) is 5.23 Å². The molecule has 0 aliphatic heterocycles. The first-order chi connectivity index (χ1) is 11.8. The van der Waals surface area contributed by atoms with Gasteiger partial charge in [-0.2, -0.15) is 0 Å².